The third-order valence-corrected chi connectivity index (χ3v) is 3.58. The zero-order chi connectivity index (χ0) is 15.9. The summed E-state index contributed by atoms with van der Waals surface area (Å²) in [6.45, 7) is 1.87. The van der Waals surface area contributed by atoms with Gasteiger partial charge in [-0.05, 0) is 26.2 Å². The largest absolute Gasteiger partial charge is 0.481 e. The number of hydrogen-bond acceptors (Lipinski definition) is 2. The molecule has 0 rings (SSSR count). The maximum Gasteiger partial charge on any atom is 0.328 e. The lowest BCUT2D eigenvalue weighted by molar-refractivity contribution is -0.137. The normalized spacial score (nSPS) is 11.6. The van der Waals surface area contributed by atoms with Gasteiger partial charge in [0.05, 0.1) is 0 Å². The van der Waals surface area contributed by atoms with E-state index in [0.29, 0.717) is 6.42 Å². The minimum Gasteiger partial charge on any atom is -0.481 e. The van der Waals surface area contributed by atoms with Crippen LogP contribution in [0.15, 0.2) is 11.6 Å². The molecule has 0 radical (unpaired) electrons. The van der Waals surface area contributed by atoms with E-state index in [1.165, 1.54) is 44.6 Å². The number of aliphatic carboxylic acids is 2. The quantitative estimate of drug-likeness (QED) is 0.357. The summed E-state index contributed by atoms with van der Waals surface area (Å²) in [5, 5.41) is 17.1. The van der Waals surface area contributed by atoms with Gasteiger partial charge in [0.2, 0.25) is 0 Å². The van der Waals surface area contributed by atoms with Crippen molar-refractivity contribution in [1.29, 1.82) is 0 Å². The highest BCUT2D eigenvalue weighted by Gasteiger charge is 1.97. The van der Waals surface area contributed by atoms with E-state index >= 15 is 0 Å². The van der Waals surface area contributed by atoms with Gasteiger partial charge in [-0.3, -0.25) is 4.79 Å². The summed E-state index contributed by atoms with van der Waals surface area (Å²) < 4.78 is 0. The molecule has 0 aromatic carbocycles. The zero-order valence-corrected chi connectivity index (χ0v) is 13.3. The number of carbonyl (C=O) groups is 2. The lowest BCUT2D eigenvalue weighted by Gasteiger charge is -2.03. The molecule has 0 atom stereocenters. The molecule has 4 nitrogen and oxygen atoms in total. The SMILES string of the molecule is CC(=CC(=O)O)CCCCCCCCCCCCC(=O)O. The molecule has 4 heteroatoms. The molecule has 0 aromatic rings. The van der Waals surface area contributed by atoms with E-state index in [-0.39, 0.29) is 0 Å². The van der Waals surface area contributed by atoms with Crippen LogP contribution in [0, 0.1) is 0 Å². The van der Waals surface area contributed by atoms with E-state index in [4.69, 9.17) is 10.2 Å². The van der Waals surface area contributed by atoms with Crippen molar-refractivity contribution in [2.75, 3.05) is 0 Å². The highest BCUT2D eigenvalue weighted by molar-refractivity contribution is 5.80. The van der Waals surface area contributed by atoms with Gasteiger partial charge in [-0.2, -0.15) is 0 Å². The first kappa shape index (κ1) is 19.7. The van der Waals surface area contributed by atoms with E-state index in [1.54, 1.807) is 0 Å². The fraction of sp³-hybridized carbons (Fsp3) is 0.765. The summed E-state index contributed by atoms with van der Waals surface area (Å²) in [4.78, 5) is 20.8. The predicted octanol–water partition coefficient (Wildman–Crippen LogP) is 4.78. The summed E-state index contributed by atoms with van der Waals surface area (Å²) in [5.74, 6) is -1.54. The molecule has 0 amide bonds. The molecule has 2 N–H and O–H groups in total. The number of unbranched alkanes of at least 4 members (excludes halogenated alkanes) is 9. The first-order chi connectivity index (χ1) is 10.0. The van der Waals surface area contributed by atoms with Crippen LogP contribution in [-0.2, 0) is 9.59 Å². The Morgan fingerprint density at radius 3 is 1.48 bits per heavy atom. The van der Waals surface area contributed by atoms with Crippen LogP contribution in [0.2, 0.25) is 0 Å². The molecule has 0 aliphatic carbocycles. The molecule has 0 aromatic heterocycles. The highest BCUT2D eigenvalue weighted by Crippen LogP contribution is 2.13. The second kappa shape index (κ2) is 13.7. The topological polar surface area (TPSA) is 74.6 Å². The van der Waals surface area contributed by atoms with E-state index in [1.807, 2.05) is 6.92 Å². The minimum absolute atomic E-state index is 0.301. The number of carboxylic acids is 2. The Morgan fingerprint density at radius 1 is 0.714 bits per heavy atom. The zero-order valence-electron chi connectivity index (χ0n) is 13.3. The molecule has 0 aliphatic heterocycles. The molecule has 122 valence electrons. The number of hydrogen-bond donors (Lipinski definition) is 2. The third kappa shape index (κ3) is 16.6. The molecule has 0 saturated carbocycles. The Morgan fingerprint density at radius 2 is 1.10 bits per heavy atom. The molecule has 21 heavy (non-hydrogen) atoms. The number of allylic oxidation sites excluding steroid dienone is 1. The van der Waals surface area contributed by atoms with Crippen molar-refractivity contribution >= 4 is 11.9 Å². The highest BCUT2D eigenvalue weighted by atomic mass is 16.4. The van der Waals surface area contributed by atoms with Gasteiger partial charge in [0, 0.05) is 12.5 Å². The van der Waals surface area contributed by atoms with Crippen LogP contribution in [-0.4, -0.2) is 22.2 Å². The Bertz CT molecular complexity index is 321. The third-order valence-electron chi connectivity index (χ3n) is 3.58. The smallest absolute Gasteiger partial charge is 0.328 e. The standard InChI is InChI=1S/C17H30O4/c1-15(14-17(20)21)12-10-8-6-4-2-3-5-7-9-11-13-16(18)19/h14H,2-13H2,1H3,(H,18,19)(H,20,21). The molecule has 0 unspecified atom stereocenters. The van der Waals surface area contributed by atoms with E-state index in [0.717, 1.165) is 37.7 Å². The fourth-order valence-electron chi connectivity index (χ4n) is 2.38. The van der Waals surface area contributed by atoms with E-state index in [2.05, 4.69) is 0 Å². The number of rotatable bonds is 14. The molecule has 0 saturated heterocycles. The van der Waals surface area contributed by atoms with E-state index < -0.39 is 11.9 Å². The summed E-state index contributed by atoms with van der Waals surface area (Å²) >= 11 is 0. The van der Waals surface area contributed by atoms with Gasteiger partial charge in [-0.1, -0.05) is 56.9 Å². The fourth-order valence-corrected chi connectivity index (χ4v) is 2.38. The Balaban J connectivity index is 3.19. The average Bonchev–Trinajstić information content (AvgIpc) is 2.38. The second-order valence-electron chi connectivity index (χ2n) is 5.76. The van der Waals surface area contributed by atoms with Crippen LogP contribution in [0.3, 0.4) is 0 Å². The van der Waals surface area contributed by atoms with Gasteiger partial charge in [0.25, 0.3) is 0 Å². The summed E-state index contributed by atoms with van der Waals surface area (Å²) in [6.07, 6.45) is 13.9. The van der Waals surface area contributed by atoms with Crippen LogP contribution in [0.5, 0.6) is 0 Å². The second-order valence-corrected chi connectivity index (χ2v) is 5.76. The maximum absolute atomic E-state index is 10.4. The lowest BCUT2D eigenvalue weighted by Crippen LogP contribution is -1.93. The lowest BCUT2D eigenvalue weighted by atomic mass is 10.0. The molecule has 0 heterocycles. The maximum atomic E-state index is 10.4. The average molecular weight is 298 g/mol. The summed E-state index contributed by atoms with van der Waals surface area (Å²) in [6, 6.07) is 0. The predicted molar refractivity (Wildman–Crippen MR) is 84.4 cm³/mol. The first-order valence-electron chi connectivity index (χ1n) is 8.14. The molecule has 0 spiro atoms. The van der Waals surface area contributed by atoms with Crippen LogP contribution < -0.4 is 0 Å². The number of carboxylic acid groups (broad SMARTS) is 2. The van der Waals surface area contributed by atoms with Crippen LogP contribution in [0.25, 0.3) is 0 Å². The summed E-state index contributed by atoms with van der Waals surface area (Å²) in [7, 11) is 0. The van der Waals surface area contributed by atoms with Gasteiger partial charge in [0.1, 0.15) is 0 Å². The molecule has 0 bridgehead atoms. The van der Waals surface area contributed by atoms with Gasteiger partial charge in [0.15, 0.2) is 0 Å². The van der Waals surface area contributed by atoms with Crippen molar-refractivity contribution in [2.24, 2.45) is 0 Å². The van der Waals surface area contributed by atoms with E-state index in [9.17, 15) is 9.59 Å². The van der Waals surface area contributed by atoms with Gasteiger partial charge < -0.3 is 10.2 Å². The van der Waals surface area contributed by atoms with Crippen molar-refractivity contribution in [1.82, 2.24) is 0 Å². The Kier molecular flexibility index (Phi) is 12.8. The monoisotopic (exact) mass is 298 g/mol. The molecule has 0 fully saturated rings. The molecular weight excluding hydrogens is 268 g/mol. The van der Waals surface area contributed by atoms with Gasteiger partial charge in [-0.25, -0.2) is 4.79 Å². The first-order valence-corrected chi connectivity index (χ1v) is 8.14. The van der Waals surface area contributed by atoms with Gasteiger partial charge >= 0.3 is 11.9 Å². The van der Waals surface area contributed by atoms with Crippen molar-refractivity contribution in [2.45, 2.75) is 84.0 Å². The van der Waals surface area contributed by atoms with Crippen molar-refractivity contribution in [3.05, 3.63) is 11.6 Å². The van der Waals surface area contributed by atoms with Crippen LogP contribution in [0.1, 0.15) is 84.0 Å². The minimum atomic E-state index is -0.851. The Hall–Kier alpha value is -1.32. The van der Waals surface area contributed by atoms with Crippen LogP contribution in [0.4, 0.5) is 0 Å². The Labute approximate surface area is 128 Å². The van der Waals surface area contributed by atoms with Crippen molar-refractivity contribution in [3.63, 3.8) is 0 Å². The van der Waals surface area contributed by atoms with Crippen molar-refractivity contribution in [3.8, 4) is 0 Å². The van der Waals surface area contributed by atoms with Crippen LogP contribution >= 0.6 is 0 Å². The van der Waals surface area contributed by atoms with Gasteiger partial charge in [-0.15, -0.1) is 0 Å². The molecular formula is C17H30O4. The molecule has 0 aliphatic rings. The summed E-state index contributed by atoms with van der Waals surface area (Å²) in [5.41, 5.74) is 0.948. The van der Waals surface area contributed by atoms with Crippen molar-refractivity contribution < 1.29 is 19.8 Å².